The smallest absolute Gasteiger partial charge is 0.162 e. The molecular weight excluding hydrogens is 424 g/mol. The second kappa shape index (κ2) is 10.7. The number of thioether (sulfide) groups is 1. The highest BCUT2D eigenvalue weighted by molar-refractivity contribution is 7.97. The molecule has 4 aromatic rings. The molecule has 172 valence electrons. The van der Waals surface area contributed by atoms with Crippen LogP contribution in [0.2, 0.25) is 0 Å². The lowest BCUT2D eigenvalue weighted by molar-refractivity contribution is -0.192. The molecule has 0 bridgehead atoms. The largest absolute Gasteiger partial charge is 0.366 e. The van der Waals surface area contributed by atoms with Crippen LogP contribution >= 0.6 is 11.8 Å². The first-order valence-corrected chi connectivity index (χ1v) is 13.2. The Kier molecular flexibility index (Phi) is 7.75. The van der Waals surface area contributed by atoms with E-state index in [0.29, 0.717) is 13.0 Å². The lowest BCUT2D eigenvalue weighted by atomic mass is 9.96. The molecule has 0 aliphatic heterocycles. The zero-order chi connectivity index (χ0) is 23.3. The van der Waals surface area contributed by atoms with Gasteiger partial charge in [0.25, 0.3) is 0 Å². The summed E-state index contributed by atoms with van der Waals surface area (Å²) in [6, 6.07) is 26.2. The van der Waals surface area contributed by atoms with E-state index in [1.807, 2.05) is 11.8 Å². The van der Waals surface area contributed by atoms with Crippen LogP contribution in [0.5, 0.6) is 0 Å². The van der Waals surface area contributed by atoms with Crippen molar-refractivity contribution in [3.8, 4) is 0 Å². The second-order valence-electron chi connectivity index (χ2n) is 9.01. The molecular formula is C30H34O2S. The van der Waals surface area contributed by atoms with Crippen molar-refractivity contribution >= 4 is 33.3 Å². The Balaban J connectivity index is 1.35. The Bertz CT molecular complexity index is 1230. The van der Waals surface area contributed by atoms with Crippen molar-refractivity contribution in [1.29, 1.82) is 0 Å². The van der Waals surface area contributed by atoms with E-state index in [-0.39, 0.29) is 0 Å². The number of aryl methyl sites for hydroxylation is 2. The third-order valence-corrected chi connectivity index (χ3v) is 7.00. The van der Waals surface area contributed by atoms with Crippen LogP contribution in [0, 0.1) is 0 Å². The van der Waals surface area contributed by atoms with Crippen LogP contribution in [0.4, 0.5) is 0 Å². The molecule has 2 nitrogen and oxygen atoms in total. The minimum absolute atomic E-state index is 0.501. The Morgan fingerprint density at radius 2 is 1.55 bits per heavy atom. The van der Waals surface area contributed by atoms with Crippen LogP contribution in [0.15, 0.2) is 72.8 Å². The molecule has 4 aromatic carbocycles. The van der Waals surface area contributed by atoms with Crippen LogP contribution in [0.3, 0.4) is 0 Å². The summed E-state index contributed by atoms with van der Waals surface area (Å²) < 4.78 is 5.93. The van der Waals surface area contributed by atoms with Gasteiger partial charge >= 0.3 is 0 Å². The van der Waals surface area contributed by atoms with Gasteiger partial charge in [0, 0.05) is 12.2 Å². The lowest BCUT2D eigenvalue weighted by Crippen LogP contribution is -2.29. The number of rotatable bonds is 10. The van der Waals surface area contributed by atoms with Gasteiger partial charge in [-0.05, 0) is 76.2 Å². The number of benzene rings is 4. The monoisotopic (exact) mass is 458 g/mol. The van der Waals surface area contributed by atoms with Gasteiger partial charge < -0.3 is 9.84 Å². The predicted octanol–water partition coefficient (Wildman–Crippen LogP) is 7.32. The third-order valence-electron chi connectivity index (χ3n) is 6.40. The van der Waals surface area contributed by atoms with Gasteiger partial charge in [-0.2, -0.15) is 11.8 Å². The van der Waals surface area contributed by atoms with E-state index in [0.717, 1.165) is 25.0 Å². The van der Waals surface area contributed by atoms with Gasteiger partial charge in [0.1, 0.15) is 0 Å². The fraction of sp³-hybridized carbons (Fsp3) is 0.333. The molecule has 3 heteroatoms. The second-order valence-corrected chi connectivity index (χ2v) is 9.87. The highest BCUT2D eigenvalue weighted by Crippen LogP contribution is 2.26. The van der Waals surface area contributed by atoms with Gasteiger partial charge in [0.15, 0.2) is 5.79 Å². The lowest BCUT2D eigenvalue weighted by Gasteiger charge is -2.24. The van der Waals surface area contributed by atoms with Gasteiger partial charge in [-0.15, -0.1) is 0 Å². The average Bonchev–Trinajstić information content (AvgIpc) is 2.82. The van der Waals surface area contributed by atoms with E-state index >= 15 is 0 Å². The minimum atomic E-state index is -1.14. The molecule has 1 atom stereocenters. The van der Waals surface area contributed by atoms with Crippen LogP contribution in [-0.2, 0) is 29.8 Å². The fourth-order valence-electron chi connectivity index (χ4n) is 4.57. The van der Waals surface area contributed by atoms with Gasteiger partial charge in [-0.25, -0.2) is 0 Å². The zero-order valence-electron chi connectivity index (χ0n) is 19.9. The van der Waals surface area contributed by atoms with Crippen LogP contribution in [-0.4, -0.2) is 23.8 Å². The summed E-state index contributed by atoms with van der Waals surface area (Å²) in [5.41, 5.74) is 5.23. The average molecular weight is 459 g/mol. The van der Waals surface area contributed by atoms with Crippen molar-refractivity contribution in [2.75, 3.05) is 12.9 Å². The van der Waals surface area contributed by atoms with Crippen LogP contribution < -0.4 is 0 Å². The van der Waals surface area contributed by atoms with Crippen molar-refractivity contribution in [3.63, 3.8) is 0 Å². The summed E-state index contributed by atoms with van der Waals surface area (Å²) in [5, 5.41) is 16.0. The number of aliphatic hydroxyl groups is 1. The summed E-state index contributed by atoms with van der Waals surface area (Å²) in [6.45, 7) is 4.48. The summed E-state index contributed by atoms with van der Waals surface area (Å²) >= 11 is 1.85. The maximum absolute atomic E-state index is 10.8. The standard InChI is InChI=1S/C30H34O2S/c1-4-24-19-23(20-25-8-5-6-11-28(24)25)14-16-30(2,31)32-17-15-22-12-13-29-26(18-22)9-7-10-27(29)21-33-3/h5-13,18-20,31H,4,14-17,21H2,1-3H3. The molecule has 0 saturated heterocycles. The van der Waals surface area contributed by atoms with Crippen LogP contribution in [0.1, 0.15) is 42.5 Å². The Labute approximate surface area is 202 Å². The number of ether oxygens (including phenoxy) is 1. The maximum atomic E-state index is 10.8. The van der Waals surface area contributed by atoms with Gasteiger partial charge in [0.2, 0.25) is 0 Å². The van der Waals surface area contributed by atoms with E-state index in [1.165, 1.54) is 43.8 Å². The molecule has 0 radical (unpaired) electrons. The van der Waals surface area contributed by atoms with Crippen molar-refractivity contribution < 1.29 is 9.84 Å². The van der Waals surface area contributed by atoms with Crippen molar-refractivity contribution in [2.45, 2.75) is 51.1 Å². The van der Waals surface area contributed by atoms with E-state index in [2.05, 4.69) is 86.0 Å². The molecule has 1 N–H and O–H groups in total. The first-order chi connectivity index (χ1) is 16.0. The zero-order valence-corrected chi connectivity index (χ0v) is 20.8. The quantitative estimate of drug-likeness (QED) is 0.252. The van der Waals surface area contributed by atoms with Crippen molar-refractivity contribution in [1.82, 2.24) is 0 Å². The predicted molar refractivity (Wildman–Crippen MR) is 143 cm³/mol. The topological polar surface area (TPSA) is 29.5 Å². The Morgan fingerprint density at radius 1 is 0.818 bits per heavy atom. The SMILES string of the molecule is CCc1cc(CCC(C)(O)OCCc2ccc3c(CSC)cccc3c2)cc2ccccc12. The fourth-order valence-corrected chi connectivity index (χ4v) is 5.13. The molecule has 0 aliphatic carbocycles. The molecule has 0 fully saturated rings. The third kappa shape index (κ3) is 5.97. The molecule has 0 heterocycles. The number of hydrogen-bond acceptors (Lipinski definition) is 3. The number of fused-ring (bicyclic) bond motifs is 2. The van der Waals surface area contributed by atoms with E-state index in [4.69, 9.17) is 4.74 Å². The maximum Gasteiger partial charge on any atom is 0.162 e. The van der Waals surface area contributed by atoms with Gasteiger partial charge in [0.05, 0.1) is 6.61 Å². The highest BCUT2D eigenvalue weighted by Gasteiger charge is 2.21. The summed E-state index contributed by atoms with van der Waals surface area (Å²) in [4.78, 5) is 0. The first kappa shape index (κ1) is 23.8. The normalized spacial score (nSPS) is 13.5. The van der Waals surface area contributed by atoms with E-state index in [1.54, 1.807) is 6.92 Å². The van der Waals surface area contributed by atoms with Gasteiger partial charge in [-0.3, -0.25) is 0 Å². The highest BCUT2D eigenvalue weighted by atomic mass is 32.2. The molecule has 1 unspecified atom stereocenters. The molecule has 0 saturated carbocycles. The van der Waals surface area contributed by atoms with E-state index in [9.17, 15) is 5.11 Å². The van der Waals surface area contributed by atoms with E-state index < -0.39 is 5.79 Å². The first-order valence-electron chi connectivity index (χ1n) is 11.9. The van der Waals surface area contributed by atoms with Crippen LogP contribution in [0.25, 0.3) is 21.5 Å². The summed E-state index contributed by atoms with van der Waals surface area (Å²) in [7, 11) is 0. The molecule has 33 heavy (non-hydrogen) atoms. The summed E-state index contributed by atoms with van der Waals surface area (Å²) in [5.74, 6) is -0.111. The summed E-state index contributed by atoms with van der Waals surface area (Å²) in [6.07, 6.45) is 5.29. The Morgan fingerprint density at radius 3 is 2.33 bits per heavy atom. The molecule has 0 aliphatic rings. The Hall–Kier alpha value is -2.33. The molecule has 0 spiro atoms. The molecule has 4 rings (SSSR count). The minimum Gasteiger partial charge on any atom is -0.366 e. The molecule has 0 aromatic heterocycles. The van der Waals surface area contributed by atoms with Crippen molar-refractivity contribution in [3.05, 3.63) is 95.1 Å². The molecule has 0 amide bonds. The van der Waals surface area contributed by atoms with Gasteiger partial charge in [-0.1, -0.05) is 79.7 Å². The van der Waals surface area contributed by atoms with Crippen molar-refractivity contribution in [2.24, 2.45) is 0 Å². The number of hydrogen-bond donors (Lipinski definition) is 1.